The molecule has 6 aromatic rings. The lowest BCUT2D eigenvalue weighted by molar-refractivity contribution is 0.0917. The maximum absolute atomic E-state index is 14.6. The summed E-state index contributed by atoms with van der Waals surface area (Å²) < 4.78 is 38.2. The van der Waals surface area contributed by atoms with Gasteiger partial charge in [-0.1, -0.05) is 30.7 Å². The minimum Gasteiger partial charge on any atom is -0.494 e. The molecule has 0 radical (unpaired) electrons. The lowest BCUT2D eigenvalue weighted by Crippen LogP contribution is -2.45. The second-order valence-electron chi connectivity index (χ2n) is 14.2. The molecule has 1 aliphatic carbocycles. The average Bonchev–Trinajstić information content (AvgIpc) is 3.62. The average molecular weight is 734 g/mol. The Morgan fingerprint density at radius 3 is 2.46 bits per heavy atom. The predicted molar refractivity (Wildman–Crippen MR) is 201 cm³/mol. The lowest BCUT2D eigenvalue weighted by Gasteiger charge is -2.30. The summed E-state index contributed by atoms with van der Waals surface area (Å²) in [7, 11) is 0. The first kappa shape index (κ1) is 35.3. The maximum atomic E-state index is 14.6. The first-order chi connectivity index (χ1) is 26.3. The minimum atomic E-state index is -0.681. The number of pyridine rings is 2. The van der Waals surface area contributed by atoms with E-state index >= 15 is 0 Å². The van der Waals surface area contributed by atoms with E-state index in [4.69, 9.17) is 4.74 Å². The molecule has 1 aliphatic heterocycles. The van der Waals surface area contributed by atoms with Crippen LogP contribution >= 0.6 is 0 Å². The van der Waals surface area contributed by atoms with Crippen LogP contribution in [0.5, 0.6) is 5.75 Å². The molecule has 278 valence electrons. The summed E-state index contributed by atoms with van der Waals surface area (Å²) in [5.74, 6) is -0.723. The molecule has 4 aromatic heterocycles. The van der Waals surface area contributed by atoms with Crippen molar-refractivity contribution in [3.05, 3.63) is 123 Å². The monoisotopic (exact) mass is 733 g/mol. The van der Waals surface area contributed by atoms with E-state index in [0.717, 1.165) is 42.1 Å². The normalized spacial score (nSPS) is 17.9. The fraction of sp³-hybridized carbons (Fsp3) is 0.341. The van der Waals surface area contributed by atoms with E-state index in [1.807, 2.05) is 42.5 Å². The van der Waals surface area contributed by atoms with Crippen molar-refractivity contribution in [2.24, 2.45) is 0 Å². The topological polar surface area (TPSA) is 116 Å². The molecule has 13 heteroatoms. The Balaban J connectivity index is 0.999. The molecule has 2 fully saturated rings. The maximum Gasteiger partial charge on any atom is 0.337 e. The highest BCUT2D eigenvalue weighted by molar-refractivity contribution is 5.93. The zero-order chi connectivity index (χ0) is 37.2. The summed E-state index contributed by atoms with van der Waals surface area (Å²) in [5, 5.41) is 2.99. The zero-order valence-corrected chi connectivity index (χ0v) is 29.8. The van der Waals surface area contributed by atoms with Crippen molar-refractivity contribution < 1.29 is 18.3 Å². The van der Waals surface area contributed by atoms with Crippen molar-refractivity contribution in [2.75, 3.05) is 26.2 Å². The Bertz CT molecular complexity index is 2430. The summed E-state index contributed by atoms with van der Waals surface area (Å²) in [5.41, 5.74) is 1.76. The van der Waals surface area contributed by atoms with Gasteiger partial charge in [-0.2, -0.15) is 0 Å². The number of ether oxygens (including phenoxy) is 1. The van der Waals surface area contributed by atoms with Gasteiger partial charge in [-0.15, -0.1) is 0 Å². The molecular weight excluding hydrogens is 692 g/mol. The van der Waals surface area contributed by atoms with E-state index in [2.05, 4.69) is 20.2 Å². The molecule has 1 saturated heterocycles. The van der Waals surface area contributed by atoms with Crippen LogP contribution in [-0.4, -0.2) is 66.6 Å². The Morgan fingerprint density at radius 1 is 0.870 bits per heavy atom. The Labute approximate surface area is 309 Å². The van der Waals surface area contributed by atoms with Crippen LogP contribution in [0.1, 0.15) is 67.9 Å². The number of fused-ring (bicyclic) bond motifs is 2. The number of nitrogens with one attached hydrogen (secondary N) is 1. The van der Waals surface area contributed by atoms with Crippen LogP contribution < -0.4 is 21.3 Å². The molecule has 2 aliphatic rings. The van der Waals surface area contributed by atoms with Crippen LogP contribution in [0, 0.1) is 11.6 Å². The summed E-state index contributed by atoms with van der Waals surface area (Å²) in [4.78, 5) is 52.2. The van der Waals surface area contributed by atoms with Gasteiger partial charge in [-0.25, -0.2) is 28.1 Å². The number of rotatable bonds is 10. The van der Waals surface area contributed by atoms with Crippen LogP contribution in [-0.2, 0) is 0 Å². The van der Waals surface area contributed by atoms with E-state index in [-0.39, 0.29) is 28.7 Å². The Morgan fingerprint density at radius 2 is 1.67 bits per heavy atom. The number of hydrogen-bond donors (Lipinski definition) is 1. The Hall–Kier alpha value is -5.69. The molecular formula is C41H41F2N7O4. The van der Waals surface area contributed by atoms with E-state index in [9.17, 15) is 23.2 Å². The smallest absolute Gasteiger partial charge is 0.337 e. The van der Waals surface area contributed by atoms with Crippen molar-refractivity contribution in [2.45, 2.75) is 63.5 Å². The van der Waals surface area contributed by atoms with Crippen LogP contribution in [0.25, 0.3) is 33.5 Å². The molecule has 1 amide bonds. The predicted octanol–water partition coefficient (Wildman–Crippen LogP) is 6.31. The van der Waals surface area contributed by atoms with Crippen molar-refractivity contribution >= 4 is 22.6 Å². The fourth-order valence-corrected chi connectivity index (χ4v) is 7.78. The first-order valence-electron chi connectivity index (χ1n) is 18.6. The lowest BCUT2D eigenvalue weighted by atomic mass is 9.90. The second kappa shape index (κ2) is 15.3. The minimum absolute atomic E-state index is 0.000466. The molecule has 0 atom stereocenters. The molecule has 11 nitrogen and oxygen atoms in total. The van der Waals surface area contributed by atoms with Gasteiger partial charge >= 0.3 is 5.69 Å². The summed E-state index contributed by atoms with van der Waals surface area (Å²) >= 11 is 0. The van der Waals surface area contributed by atoms with Crippen LogP contribution in [0.4, 0.5) is 8.78 Å². The van der Waals surface area contributed by atoms with E-state index in [1.54, 1.807) is 6.07 Å². The van der Waals surface area contributed by atoms with Crippen LogP contribution in [0.2, 0.25) is 0 Å². The van der Waals surface area contributed by atoms with Crippen molar-refractivity contribution in [1.29, 1.82) is 0 Å². The molecule has 0 bridgehead atoms. The van der Waals surface area contributed by atoms with Gasteiger partial charge < -0.3 is 19.4 Å². The standard InChI is InChI=1S/C41H41F2N7O4/c42-29-10-17-37-46-36(26-48(37)25-29)39(51)45-31-11-13-32(14-12-31)50-40(52)35-23-30(43)24-44-38(35)49(41(50)53)33-7-4-6-28(22-33)27-8-15-34(16-9-27)54-21-5-20-47-18-2-1-3-19-47/h4,6-10,15-17,22-26,31-32H,1-3,5,11-14,18-21H2,(H,45,51). The number of amides is 1. The molecule has 0 unspecified atom stereocenters. The fourth-order valence-electron chi connectivity index (χ4n) is 7.78. The molecule has 1 saturated carbocycles. The molecule has 5 heterocycles. The molecule has 8 rings (SSSR count). The summed E-state index contributed by atoms with van der Waals surface area (Å²) in [6, 6.07) is 18.4. The quantitative estimate of drug-likeness (QED) is 0.164. The Kier molecular flexibility index (Phi) is 10.0. The highest BCUT2D eigenvalue weighted by Gasteiger charge is 2.29. The number of likely N-dealkylation sites (tertiary alicyclic amines) is 1. The number of imidazole rings is 1. The van der Waals surface area contributed by atoms with Crippen LogP contribution in [0.3, 0.4) is 0 Å². The molecule has 54 heavy (non-hydrogen) atoms. The van der Waals surface area contributed by atoms with Gasteiger partial charge in [-0.3, -0.25) is 14.2 Å². The number of nitrogens with zero attached hydrogens (tertiary/aromatic N) is 6. The summed E-state index contributed by atoms with van der Waals surface area (Å²) in [6.45, 7) is 4.03. The van der Waals surface area contributed by atoms with Gasteiger partial charge in [0.05, 0.1) is 23.9 Å². The number of halogens is 2. The largest absolute Gasteiger partial charge is 0.494 e. The number of hydrogen-bond acceptors (Lipinski definition) is 7. The second-order valence-corrected chi connectivity index (χ2v) is 14.2. The van der Waals surface area contributed by atoms with Gasteiger partial charge in [0, 0.05) is 31.0 Å². The van der Waals surface area contributed by atoms with Crippen LogP contribution in [0.15, 0.2) is 94.9 Å². The number of aromatic nitrogens is 5. The molecule has 1 N–H and O–H groups in total. The van der Waals surface area contributed by atoms with Gasteiger partial charge in [0.2, 0.25) is 0 Å². The summed E-state index contributed by atoms with van der Waals surface area (Å²) in [6.07, 6.45) is 10.4. The number of carbonyl (C=O) groups excluding carboxylic acids is 1. The third kappa shape index (κ3) is 7.41. The van der Waals surface area contributed by atoms with Gasteiger partial charge in [-0.05, 0) is 112 Å². The number of carbonyl (C=O) groups is 1. The third-order valence-electron chi connectivity index (χ3n) is 10.6. The third-order valence-corrected chi connectivity index (χ3v) is 10.6. The van der Waals surface area contributed by atoms with E-state index in [1.165, 1.54) is 70.4 Å². The first-order valence-corrected chi connectivity index (χ1v) is 18.6. The van der Waals surface area contributed by atoms with Crippen molar-refractivity contribution in [3.63, 3.8) is 0 Å². The SMILES string of the molecule is O=C(NC1CCC(n2c(=O)c3cc(F)cnc3n(-c3cccc(-c4ccc(OCCCN5CCCCC5)cc4)c3)c2=O)CC1)c1cn2cc(F)ccc2n1. The highest BCUT2D eigenvalue weighted by Crippen LogP contribution is 2.29. The number of piperidine rings is 1. The van der Waals surface area contributed by atoms with Gasteiger partial charge in [0.25, 0.3) is 11.5 Å². The molecule has 2 aromatic carbocycles. The zero-order valence-electron chi connectivity index (χ0n) is 29.8. The molecule has 0 spiro atoms. The number of benzene rings is 2. The van der Waals surface area contributed by atoms with Crippen molar-refractivity contribution in [3.8, 4) is 22.6 Å². The van der Waals surface area contributed by atoms with Crippen molar-refractivity contribution in [1.82, 2.24) is 33.7 Å². The van der Waals surface area contributed by atoms with Gasteiger partial charge in [0.1, 0.15) is 28.7 Å². The van der Waals surface area contributed by atoms with E-state index < -0.39 is 28.9 Å². The highest BCUT2D eigenvalue weighted by atomic mass is 19.1. The van der Waals surface area contributed by atoms with Gasteiger partial charge in [0.15, 0.2) is 5.65 Å². The van der Waals surface area contributed by atoms with E-state index in [0.29, 0.717) is 43.6 Å².